The maximum absolute atomic E-state index is 12.2. The van der Waals surface area contributed by atoms with E-state index in [-0.39, 0.29) is 24.6 Å². The van der Waals surface area contributed by atoms with E-state index in [0.29, 0.717) is 6.54 Å². The monoisotopic (exact) mass is 377 g/mol. The molecule has 7 nitrogen and oxygen atoms in total. The van der Waals surface area contributed by atoms with Gasteiger partial charge >= 0.3 is 11.9 Å². The number of fused-ring (bicyclic) bond motifs is 1. The number of hydrogen-bond acceptors (Lipinski definition) is 6. The van der Waals surface area contributed by atoms with Crippen molar-refractivity contribution in [3.8, 4) is 11.8 Å². The molecule has 0 fully saturated rings. The van der Waals surface area contributed by atoms with E-state index in [9.17, 15) is 9.59 Å². The van der Waals surface area contributed by atoms with Crippen LogP contribution in [-0.4, -0.2) is 40.1 Å². The van der Waals surface area contributed by atoms with Crippen LogP contribution >= 0.6 is 0 Å². The molecule has 0 radical (unpaired) electrons. The Balaban J connectivity index is 1.96. The van der Waals surface area contributed by atoms with E-state index in [1.165, 1.54) is 4.68 Å². The summed E-state index contributed by atoms with van der Waals surface area (Å²) in [5.74, 6) is 3.69. The molecule has 0 N–H and O–H groups in total. The summed E-state index contributed by atoms with van der Waals surface area (Å²) in [4.78, 5) is 23.8. The molecule has 142 valence electrons. The molecule has 0 amide bonds. The molecule has 1 aromatic heterocycles. The third-order valence-corrected chi connectivity index (χ3v) is 3.91. The summed E-state index contributed by atoms with van der Waals surface area (Å²) in [5.41, 5.74) is 1.14. The second-order valence-electron chi connectivity index (χ2n) is 5.82. The smallest absolute Gasteiger partial charge is 0.384 e. The van der Waals surface area contributed by atoms with Gasteiger partial charge in [0.15, 0.2) is 0 Å². The Morgan fingerprint density at radius 2 is 1.79 bits per heavy atom. The molecule has 3 rings (SSSR count). The molecule has 28 heavy (non-hydrogen) atoms. The van der Waals surface area contributed by atoms with Crippen molar-refractivity contribution in [2.24, 2.45) is 0 Å². The zero-order valence-corrected chi connectivity index (χ0v) is 15.6. The molecule has 0 atom stereocenters. The number of ether oxygens (including phenoxy) is 2. The van der Waals surface area contributed by atoms with E-state index in [0.717, 1.165) is 16.3 Å². The molecule has 0 bridgehead atoms. The predicted molar refractivity (Wildman–Crippen MR) is 103 cm³/mol. The van der Waals surface area contributed by atoms with Gasteiger partial charge in [-0.05, 0) is 42.2 Å². The Bertz CT molecular complexity index is 1080. The SMILES string of the molecule is CCOC(=O)C#Cc1c(C(=O)OCC)nnn1Cc1ccc2ccccc2c1. The van der Waals surface area contributed by atoms with E-state index < -0.39 is 11.9 Å². The van der Waals surface area contributed by atoms with Gasteiger partial charge in [-0.3, -0.25) is 0 Å². The van der Waals surface area contributed by atoms with Crippen molar-refractivity contribution in [1.29, 1.82) is 0 Å². The molecule has 0 saturated carbocycles. The number of esters is 2. The molecule has 0 saturated heterocycles. The second kappa shape index (κ2) is 8.82. The minimum atomic E-state index is -0.684. The summed E-state index contributed by atoms with van der Waals surface area (Å²) >= 11 is 0. The number of carbonyl (C=O) groups excluding carboxylic acids is 2. The molecule has 2 aromatic carbocycles. The van der Waals surface area contributed by atoms with Crippen LogP contribution in [0, 0.1) is 11.8 Å². The first kappa shape index (κ1) is 19.1. The van der Waals surface area contributed by atoms with Gasteiger partial charge in [0, 0.05) is 5.92 Å². The van der Waals surface area contributed by atoms with Crippen LogP contribution in [0.4, 0.5) is 0 Å². The van der Waals surface area contributed by atoms with Gasteiger partial charge in [-0.25, -0.2) is 14.3 Å². The van der Waals surface area contributed by atoms with Crippen LogP contribution in [0.1, 0.15) is 35.6 Å². The van der Waals surface area contributed by atoms with Crippen molar-refractivity contribution in [1.82, 2.24) is 15.0 Å². The number of hydrogen-bond donors (Lipinski definition) is 0. The lowest BCUT2D eigenvalue weighted by Crippen LogP contribution is -2.10. The highest BCUT2D eigenvalue weighted by Crippen LogP contribution is 2.17. The molecule has 0 unspecified atom stereocenters. The van der Waals surface area contributed by atoms with E-state index in [1.807, 2.05) is 42.5 Å². The summed E-state index contributed by atoms with van der Waals surface area (Å²) in [7, 11) is 0. The molecular formula is C21H19N3O4. The standard InChI is InChI=1S/C21H19N3O4/c1-3-27-19(25)12-11-18-20(21(26)28-4-2)22-23-24(18)14-15-9-10-16-7-5-6-8-17(16)13-15/h5-10,13H,3-4,14H2,1-2H3. The van der Waals surface area contributed by atoms with Crippen molar-refractivity contribution < 1.29 is 19.1 Å². The van der Waals surface area contributed by atoms with Crippen LogP contribution in [0.5, 0.6) is 0 Å². The van der Waals surface area contributed by atoms with Gasteiger partial charge in [0.25, 0.3) is 0 Å². The first-order valence-electron chi connectivity index (χ1n) is 8.89. The summed E-state index contributed by atoms with van der Waals surface area (Å²) in [6.07, 6.45) is 0. The fourth-order valence-electron chi connectivity index (χ4n) is 2.67. The predicted octanol–water partition coefficient (Wildman–Crippen LogP) is 2.57. The van der Waals surface area contributed by atoms with Gasteiger partial charge in [0.2, 0.25) is 5.69 Å². The zero-order valence-electron chi connectivity index (χ0n) is 15.6. The number of rotatable bonds is 5. The van der Waals surface area contributed by atoms with Crippen LogP contribution in [0.3, 0.4) is 0 Å². The van der Waals surface area contributed by atoms with Crippen LogP contribution < -0.4 is 0 Å². The largest absolute Gasteiger partial charge is 0.461 e. The van der Waals surface area contributed by atoms with Crippen molar-refractivity contribution in [2.75, 3.05) is 13.2 Å². The summed E-state index contributed by atoms with van der Waals surface area (Å²) in [5, 5.41) is 10.1. The Kier molecular flexibility index (Phi) is 6.02. The van der Waals surface area contributed by atoms with Gasteiger partial charge in [-0.1, -0.05) is 41.6 Å². The highest BCUT2D eigenvalue weighted by molar-refractivity contribution is 5.92. The van der Waals surface area contributed by atoms with Crippen molar-refractivity contribution >= 4 is 22.7 Å². The minimum absolute atomic E-state index is 0.0283. The number of benzene rings is 2. The molecule has 3 aromatic rings. The Morgan fingerprint density at radius 1 is 1.04 bits per heavy atom. The maximum atomic E-state index is 12.2. The van der Waals surface area contributed by atoms with Gasteiger partial charge in [-0.15, -0.1) is 5.10 Å². The van der Waals surface area contributed by atoms with Crippen LogP contribution in [0.25, 0.3) is 10.8 Å². The fourth-order valence-corrected chi connectivity index (χ4v) is 2.67. The normalized spacial score (nSPS) is 10.2. The van der Waals surface area contributed by atoms with Gasteiger partial charge < -0.3 is 9.47 Å². The lowest BCUT2D eigenvalue weighted by atomic mass is 10.1. The maximum Gasteiger partial charge on any atom is 0.384 e. The van der Waals surface area contributed by atoms with Crippen molar-refractivity contribution in [3.05, 3.63) is 59.4 Å². The van der Waals surface area contributed by atoms with Crippen molar-refractivity contribution in [2.45, 2.75) is 20.4 Å². The van der Waals surface area contributed by atoms with E-state index >= 15 is 0 Å². The zero-order chi connectivity index (χ0) is 19.9. The fraction of sp³-hybridized carbons (Fsp3) is 0.238. The third-order valence-electron chi connectivity index (χ3n) is 3.91. The average Bonchev–Trinajstić information content (AvgIpc) is 3.09. The Hall–Kier alpha value is -3.66. The highest BCUT2D eigenvalue weighted by atomic mass is 16.5. The molecule has 1 heterocycles. The van der Waals surface area contributed by atoms with Crippen LogP contribution in [-0.2, 0) is 20.8 Å². The number of nitrogens with zero attached hydrogens (tertiary/aromatic N) is 3. The van der Waals surface area contributed by atoms with Crippen LogP contribution in [0.15, 0.2) is 42.5 Å². The molecule has 0 aliphatic heterocycles. The molecule has 0 spiro atoms. The van der Waals surface area contributed by atoms with E-state index in [1.54, 1.807) is 13.8 Å². The molecule has 0 aliphatic carbocycles. The molecular weight excluding hydrogens is 358 g/mol. The molecule has 7 heteroatoms. The first-order valence-corrected chi connectivity index (χ1v) is 8.89. The summed E-state index contributed by atoms with van der Waals surface area (Å²) in [6, 6.07) is 14.0. The lowest BCUT2D eigenvalue weighted by molar-refractivity contribution is -0.136. The summed E-state index contributed by atoms with van der Waals surface area (Å²) < 4.78 is 11.3. The average molecular weight is 377 g/mol. The third kappa shape index (κ3) is 4.35. The topological polar surface area (TPSA) is 83.3 Å². The van der Waals surface area contributed by atoms with Gasteiger partial charge in [0.05, 0.1) is 19.8 Å². The quantitative estimate of drug-likeness (QED) is 0.502. The number of carbonyl (C=O) groups is 2. The minimum Gasteiger partial charge on any atom is -0.461 e. The first-order chi connectivity index (χ1) is 13.6. The molecule has 0 aliphatic rings. The van der Waals surface area contributed by atoms with Crippen molar-refractivity contribution in [3.63, 3.8) is 0 Å². The lowest BCUT2D eigenvalue weighted by Gasteiger charge is -2.05. The van der Waals surface area contributed by atoms with Gasteiger partial charge in [0.1, 0.15) is 5.69 Å². The van der Waals surface area contributed by atoms with E-state index in [4.69, 9.17) is 9.47 Å². The van der Waals surface area contributed by atoms with Gasteiger partial charge in [-0.2, -0.15) is 0 Å². The Labute approximate surface area is 162 Å². The highest BCUT2D eigenvalue weighted by Gasteiger charge is 2.20. The Morgan fingerprint density at radius 3 is 2.54 bits per heavy atom. The van der Waals surface area contributed by atoms with E-state index in [2.05, 4.69) is 22.2 Å². The second-order valence-corrected chi connectivity index (χ2v) is 5.82. The number of aromatic nitrogens is 3. The summed E-state index contributed by atoms with van der Waals surface area (Å²) in [6.45, 7) is 4.13. The van der Waals surface area contributed by atoms with Crippen LogP contribution in [0.2, 0.25) is 0 Å².